The summed E-state index contributed by atoms with van der Waals surface area (Å²) in [4.78, 5) is 38.2. The molecule has 1 atom stereocenters. The first-order valence-electron chi connectivity index (χ1n) is 33.7. The monoisotopic (exact) mass is 1120 g/mol. The summed E-state index contributed by atoms with van der Waals surface area (Å²) in [5.41, 5.74) is 0. The van der Waals surface area contributed by atoms with Gasteiger partial charge in [0.05, 0.1) is 0 Å². The zero-order valence-corrected chi connectivity index (χ0v) is 52.8. The number of esters is 3. The van der Waals surface area contributed by atoms with Crippen molar-refractivity contribution >= 4 is 17.9 Å². The number of allylic oxidation sites excluding steroid dienone is 22. The van der Waals surface area contributed by atoms with E-state index in [1.807, 2.05) is 0 Å². The van der Waals surface area contributed by atoms with E-state index in [2.05, 4.69) is 154 Å². The molecule has 0 bridgehead atoms. The van der Waals surface area contributed by atoms with Crippen molar-refractivity contribution in [2.24, 2.45) is 0 Å². The number of carbonyl (C=O) groups is 3. The van der Waals surface area contributed by atoms with Crippen molar-refractivity contribution in [1.82, 2.24) is 0 Å². The second-order valence-corrected chi connectivity index (χ2v) is 22.0. The first kappa shape index (κ1) is 76.5. The minimum absolute atomic E-state index is 0.103. The van der Waals surface area contributed by atoms with E-state index < -0.39 is 6.10 Å². The van der Waals surface area contributed by atoms with Crippen molar-refractivity contribution in [3.63, 3.8) is 0 Å². The van der Waals surface area contributed by atoms with Crippen LogP contribution in [0.3, 0.4) is 0 Å². The van der Waals surface area contributed by atoms with Crippen LogP contribution < -0.4 is 0 Å². The minimum atomic E-state index is -0.813. The fraction of sp³-hybridized carbons (Fsp3) is 0.667. The molecule has 460 valence electrons. The normalized spacial score (nSPS) is 13.0. The lowest BCUT2D eigenvalue weighted by Crippen LogP contribution is -2.30. The van der Waals surface area contributed by atoms with Gasteiger partial charge in [0.2, 0.25) is 0 Å². The third-order valence-corrected chi connectivity index (χ3v) is 14.1. The molecule has 0 spiro atoms. The topological polar surface area (TPSA) is 78.9 Å². The lowest BCUT2D eigenvalue weighted by molar-refractivity contribution is -0.167. The maximum Gasteiger partial charge on any atom is 0.306 e. The molecule has 0 aliphatic heterocycles. The highest BCUT2D eigenvalue weighted by Crippen LogP contribution is 2.17. The second kappa shape index (κ2) is 68.1. The summed E-state index contributed by atoms with van der Waals surface area (Å²) < 4.78 is 16.8. The number of unbranched alkanes of at least 4 members (excludes halogenated alkanes) is 27. The molecule has 0 rings (SSSR count). The van der Waals surface area contributed by atoms with Crippen molar-refractivity contribution in [2.75, 3.05) is 13.2 Å². The smallest absolute Gasteiger partial charge is 0.306 e. The lowest BCUT2D eigenvalue weighted by atomic mass is 10.0. The van der Waals surface area contributed by atoms with Crippen LogP contribution in [0.1, 0.15) is 303 Å². The molecule has 6 heteroatoms. The van der Waals surface area contributed by atoms with E-state index >= 15 is 0 Å². The molecule has 0 saturated heterocycles. The number of carbonyl (C=O) groups excluding carboxylic acids is 3. The van der Waals surface area contributed by atoms with E-state index in [9.17, 15) is 14.4 Å². The molecule has 6 nitrogen and oxygen atoms in total. The molecule has 0 aliphatic rings. The number of ether oxygens (including phenoxy) is 3. The molecule has 0 N–H and O–H groups in total. The Morgan fingerprint density at radius 1 is 0.259 bits per heavy atom. The van der Waals surface area contributed by atoms with Crippen molar-refractivity contribution in [2.45, 2.75) is 309 Å². The van der Waals surface area contributed by atoms with Crippen LogP contribution in [0.4, 0.5) is 0 Å². The van der Waals surface area contributed by atoms with Crippen molar-refractivity contribution in [3.8, 4) is 0 Å². The quantitative estimate of drug-likeness (QED) is 0.0261. The Bertz CT molecular complexity index is 1720. The van der Waals surface area contributed by atoms with Crippen LogP contribution in [0.2, 0.25) is 0 Å². The summed E-state index contributed by atoms with van der Waals surface area (Å²) in [6.45, 7) is 6.33. The Labute approximate surface area is 500 Å². The zero-order valence-electron chi connectivity index (χ0n) is 52.8. The molecule has 0 aliphatic carbocycles. The van der Waals surface area contributed by atoms with Crippen LogP contribution in [0.15, 0.2) is 134 Å². The molecule has 0 aromatic heterocycles. The van der Waals surface area contributed by atoms with E-state index in [1.165, 1.54) is 135 Å². The van der Waals surface area contributed by atoms with Crippen molar-refractivity contribution in [1.29, 1.82) is 0 Å². The van der Waals surface area contributed by atoms with E-state index in [1.54, 1.807) is 0 Å². The fourth-order valence-corrected chi connectivity index (χ4v) is 9.13. The van der Waals surface area contributed by atoms with Gasteiger partial charge >= 0.3 is 17.9 Å². The summed E-state index contributed by atoms with van der Waals surface area (Å²) in [5.74, 6) is -0.967. The Morgan fingerprint density at radius 2 is 0.494 bits per heavy atom. The molecule has 0 aromatic carbocycles. The molecule has 1 unspecified atom stereocenters. The van der Waals surface area contributed by atoms with Crippen molar-refractivity contribution < 1.29 is 28.6 Å². The summed E-state index contributed by atoms with van der Waals surface area (Å²) >= 11 is 0. The highest BCUT2D eigenvalue weighted by Gasteiger charge is 2.19. The lowest BCUT2D eigenvalue weighted by Gasteiger charge is -2.18. The van der Waals surface area contributed by atoms with Crippen molar-refractivity contribution in [3.05, 3.63) is 134 Å². The van der Waals surface area contributed by atoms with E-state index in [4.69, 9.17) is 14.2 Å². The molecule has 0 heterocycles. The van der Waals surface area contributed by atoms with Gasteiger partial charge in [-0.05, 0) is 122 Å². The van der Waals surface area contributed by atoms with E-state index in [0.29, 0.717) is 19.3 Å². The fourth-order valence-electron chi connectivity index (χ4n) is 9.13. The average molecular weight is 1120 g/mol. The van der Waals surface area contributed by atoms with Crippen LogP contribution in [0.25, 0.3) is 0 Å². The molecule has 0 fully saturated rings. The molecular formula is C75H124O6. The molecule has 0 amide bonds. The summed E-state index contributed by atoms with van der Waals surface area (Å²) in [6, 6.07) is 0. The van der Waals surface area contributed by atoms with Crippen LogP contribution in [-0.4, -0.2) is 37.2 Å². The van der Waals surface area contributed by atoms with Gasteiger partial charge in [-0.1, -0.05) is 296 Å². The number of rotatable bonds is 60. The molecule has 0 saturated carbocycles. The molecule has 0 aromatic rings. The maximum atomic E-state index is 12.9. The van der Waals surface area contributed by atoms with Gasteiger partial charge in [-0.25, -0.2) is 0 Å². The van der Waals surface area contributed by atoms with Crippen LogP contribution in [0.5, 0.6) is 0 Å². The average Bonchev–Trinajstić information content (AvgIpc) is 3.47. The van der Waals surface area contributed by atoms with E-state index in [-0.39, 0.29) is 37.5 Å². The largest absolute Gasteiger partial charge is 0.462 e. The van der Waals surface area contributed by atoms with Crippen LogP contribution >= 0.6 is 0 Å². The first-order chi connectivity index (χ1) is 40.0. The number of hydrogen-bond donors (Lipinski definition) is 0. The van der Waals surface area contributed by atoms with Crippen LogP contribution in [-0.2, 0) is 28.6 Å². The van der Waals surface area contributed by atoms with Gasteiger partial charge in [0.1, 0.15) is 13.2 Å². The van der Waals surface area contributed by atoms with Gasteiger partial charge in [-0.15, -0.1) is 0 Å². The van der Waals surface area contributed by atoms with Gasteiger partial charge in [0.15, 0.2) is 6.10 Å². The number of hydrogen-bond acceptors (Lipinski definition) is 6. The first-order valence-corrected chi connectivity index (χ1v) is 33.7. The summed E-state index contributed by atoms with van der Waals surface area (Å²) in [6.07, 6.45) is 96.4. The predicted octanol–water partition coefficient (Wildman–Crippen LogP) is 23.3. The second-order valence-electron chi connectivity index (χ2n) is 22.0. The third-order valence-electron chi connectivity index (χ3n) is 14.1. The summed E-state index contributed by atoms with van der Waals surface area (Å²) in [7, 11) is 0. The summed E-state index contributed by atoms with van der Waals surface area (Å²) in [5, 5.41) is 0. The minimum Gasteiger partial charge on any atom is -0.462 e. The third kappa shape index (κ3) is 66.2. The maximum absolute atomic E-state index is 12.9. The molecular weight excluding hydrogens is 997 g/mol. The van der Waals surface area contributed by atoms with Gasteiger partial charge in [-0.2, -0.15) is 0 Å². The highest BCUT2D eigenvalue weighted by atomic mass is 16.6. The molecule has 81 heavy (non-hydrogen) atoms. The Kier molecular flexibility index (Phi) is 64.3. The standard InChI is InChI=1S/C75H124O6/c1-4-7-10-13-16-19-22-24-26-28-29-30-31-32-33-34-35-36-37-38-39-40-41-42-43-44-45-47-48-50-53-56-59-62-65-68-74(77)80-71-72(70-79-73(76)67-64-61-58-55-52-21-18-15-12-9-6-3)81-75(78)69-66-63-60-57-54-51-49-46-27-25-23-20-17-14-11-8-5-2/h7-8,10-11,15-20,24-27,29-30,32-33,49,51,57,60,72H,4-6,9,12-14,21-23,28,31,34-48,50,52-56,58-59,61-71H2,1-3H3/b10-7-,11-8-,18-15-,19-16-,20-17-,26-24-,27-25-,30-29-,33-32-,51-49-,60-57-. The molecule has 0 radical (unpaired) electrons. The Morgan fingerprint density at radius 3 is 0.802 bits per heavy atom. The van der Waals surface area contributed by atoms with Gasteiger partial charge in [-0.3, -0.25) is 14.4 Å². The highest BCUT2D eigenvalue weighted by molar-refractivity contribution is 5.71. The van der Waals surface area contributed by atoms with E-state index in [0.717, 1.165) is 122 Å². The van der Waals surface area contributed by atoms with Gasteiger partial charge < -0.3 is 14.2 Å². The van der Waals surface area contributed by atoms with Gasteiger partial charge in [0.25, 0.3) is 0 Å². The Hall–Kier alpha value is -4.45. The SMILES string of the molecule is CC/C=C\C/C=C\C/C=C\C/C=C\C/C=C\CCCCCCCCCCCCCCCCCCCCCC(=O)OCC(COC(=O)CCCCCCC/C=C\CCCC)OC(=O)CCC/C=C\C/C=C\C/C=C\C/C=C\C/C=C\CC. The van der Waals surface area contributed by atoms with Gasteiger partial charge in [0, 0.05) is 19.3 Å². The predicted molar refractivity (Wildman–Crippen MR) is 353 cm³/mol. The van der Waals surface area contributed by atoms with Crippen LogP contribution in [0, 0.1) is 0 Å². The Balaban J connectivity index is 4.16. The zero-order chi connectivity index (χ0) is 58.5.